The number of urea groups is 1. The van der Waals surface area contributed by atoms with E-state index in [2.05, 4.69) is 11.4 Å². The van der Waals surface area contributed by atoms with Crippen molar-refractivity contribution in [3.8, 4) is 5.75 Å². The predicted molar refractivity (Wildman–Crippen MR) is 120 cm³/mol. The van der Waals surface area contributed by atoms with Crippen molar-refractivity contribution in [2.24, 2.45) is 5.92 Å². The minimum absolute atomic E-state index is 0.0138. The van der Waals surface area contributed by atoms with Crippen LogP contribution in [-0.2, 0) is 11.3 Å². The second-order valence-corrected chi connectivity index (χ2v) is 9.17. The summed E-state index contributed by atoms with van der Waals surface area (Å²) in [6.45, 7) is 3.69. The first kappa shape index (κ1) is 22.3. The van der Waals surface area contributed by atoms with Crippen molar-refractivity contribution >= 4 is 23.2 Å². The van der Waals surface area contributed by atoms with Gasteiger partial charge in [0.15, 0.2) is 23.2 Å². The molecule has 5 rings (SSSR count). The van der Waals surface area contributed by atoms with Crippen LogP contribution < -0.4 is 10.1 Å². The number of amides is 3. The lowest BCUT2D eigenvalue weighted by molar-refractivity contribution is -0.132. The third-order valence-corrected chi connectivity index (χ3v) is 6.46. The second kappa shape index (κ2) is 8.38. The number of ether oxygens (including phenoxy) is 1. The molecular formula is C25H24F3N3O3. The van der Waals surface area contributed by atoms with Gasteiger partial charge in [0.05, 0.1) is 24.4 Å². The summed E-state index contributed by atoms with van der Waals surface area (Å²) in [7, 11) is 0. The number of carbonyl (C=O) groups excluding carboxylic acids is 2. The SMILES string of the molecule is CC(C)Oc1cc(C2=C[C@H]3C[C@@H]2N(C(=O)CN2Cc4c(ccc(F)c4F)NC2=O)C3)ccc1F. The lowest BCUT2D eigenvalue weighted by Gasteiger charge is -2.33. The summed E-state index contributed by atoms with van der Waals surface area (Å²) in [5.74, 6) is -2.45. The fourth-order valence-corrected chi connectivity index (χ4v) is 4.94. The fourth-order valence-electron chi connectivity index (χ4n) is 4.94. The minimum Gasteiger partial charge on any atom is -0.488 e. The van der Waals surface area contributed by atoms with Gasteiger partial charge in [0.25, 0.3) is 0 Å². The van der Waals surface area contributed by atoms with Gasteiger partial charge in [-0.1, -0.05) is 12.1 Å². The molecule has 9 heteroatoms. The number of hydrogen-bond acceptors (Lipinski definition) is 3. The molecule has 6 nitrogen and oxygen atoms in total. The van der Waals surface area contributed by atoms with Crippen molar-refractivity contribution in [1.29, 1.82) is 0 Å². The van der Waals surface area contributed by atoms with Gasteiger partial charge >= 0.3 is 6.03 Å². The third kappa shape index (κ3) is 3.89. The molecule has 1 fully saturated rings. The highest BCUT2D eigenvalue weighted by molar-refractivity contribution is 5.95. The van der Waals surface area contributed by atoms with E-state index < -0.39 is 23.5 Å². The fraction of sp³-hybridized carbons (Fsp3) is 0.360. The first-order chi connectivity index (χ1) is 16.2. The van der Waals surface area contributed by atoms with Gasteiger partial charge in [-0.25, -0.2) is 18.0 Å². The quantitative estimate of drug-likeness (QED) is 0.696. The van der Waals surface area contributed by atoms with Crippen molar-refractivity contribution < 1.29 is 27.5 Å². The lowest BCUT2D eigenvalue weighted by Crippen LogP contribution is -2.48. The Bertz CT molecular complexity index is 1210. The van der Waals surface area contributed by atoms with Crippen LogP contribution in [0.4, 0.5) is 23.7 Å². The molecule has 0 radical (unpaired) electrons. The van der Waals surface area contributed by atoms with Crippen LogP contribution in [0.3, 0.4) is 0 Å². The van der Waals surface area contributed by atoms with Gasteiger partial charge in [0.2, 0.25) is 5.91 Å². The average Bonchev–Trinajstić information content (AvgIpc) is 3.40. The smallest absolute Gasteiger partial charge is 0.322 e. The van der Waals surface area contributed by atoms with Crippen molar-refractivity contribution in [2.75, 3.05) is 18.4 Å². The highest BCUT2D eigenvalue weighted by atomic mass is 19.2. The normalized spacial score (nSPS) is 21.0. The molecule has 0 spiro atoms. The third-order valence-electron chi connectivity index (χ3n) is 6.46. The Kier molecular flexibility index (Phi) is 5.50. The first-order valence-electron chi connectivity index (χ1n) is 11.2. The van der Waals surface area contributed by atoms with Crippen LogP contribution in [-0.4, -0.2) is 47.0 Å². The average molecular weight is 471 g/mol. The number of fused-ring (bicyclic) bond motifs is 3. The first-order valence-corrected chi connectivity index (χ1v) is 11.2. The number of hydrogen-bond donors (Lipinski definition) is 1. The molecule has 3 amide bonds. The standard InChI is InChI=1S/C25H24F3N3O3/c1-13(2)34-22-9-15(3-4-18(22)26)16-7-14-8-21(16)31(10-14)23(32)12-30-11-17-20(29-25(30)33)6-5-19(27)24(17)28/h3-7,9,13-14,21H,8,10-12H2,1-2H3,(H,29,33)/t14-,21-/m0/s1. The van der Waals surface area contributed by atoms with E-state index in [-0.39, 0.29) is 54.1 Å². The monoisotopic (exact) mass is 471 g/mol. The maximum absolute atomic E-state index is 14.2. The van der Waals surface area contributed by atoms with Crippen LogP contribution in [0.25, 0.3) is 5.57 Å². The van der Waals surface area contributed by atoms with Crippen LogP contribution in [0, 0.1) is 23.4 Å². The van der Waals surface area contributed by atoms with E-state index in [0.29, 0.717) is 6.54 Å². The van der Waals surface area contributed by atoms with E-state index in [9.17, 15) is 22.8 Å². The number of nitrogens with one attached hydrogen (secondary N) is 1. The van der Waals surface area contributed by atoms with Crippen LogP contribution >= 0.6 is 0 Å². The van der Waals surface area contributed by atoms with Gasteiger partial charge in [-0.05, 0) is 61.6 Å². The van der Waals surface area contributed by atoms with Gasteiger partial charge < -0.3 is 19.9 Å². The minimum atomic E-state index is -1.03. The number of nitrogens with zero attached hydrogens (tertiary/aromatic N) is 2. The number of carbonyl (C=O) groups is 2. The summed E-state index contributed by atoms with van der Waals surface area (Å²) in [5.41, 5.74) is 1.91. The van der Waals surface area contributed by atoms with Crippen LogP contribution in [0.2, 0.25) is 0 Å². The van der Waals surface area contributed by atoms with Crippen LogP contribution in [0.1, 0.15) is 31.4 Å². The maximum Gasteiger partial charge on any atom is 0.322 e. The number of halogens is 3. The summed E-state index contributed by atoms with van der Waals surface area (Å²) < 4.78 is 47.6. The predicted octanol–water partition coefficient (Wildman–Crippen LogP) is 4.55. The van der Waals surface area contributed by atoms with E-state index in [1.807, 2.05) is 13.8 Å². The molecule has 2 aromatic carbocycles. The molecule has 0 aromatic heterocycles. The van der Waals surface area contributed by atoms with Gasteiger partial charge in [-0.3, -0.25) is 4.79 Å². The zero-order valence-electron chi connectivity index (χ0n) is 18.8. The van der Waals surface area contributed by atoms with Gasteiger partial charge in [0, 0.05) is 12.1 Å². The van der Waals surface area contributed by atoms with Gasteiger partial charge in [-0.2, -0.15) is 0 Å². The molecule has 2 aliphatic heterocycles. The lowest BCUT2D eigenvalue weighted by atomic mass is 9.99. The Hall–Kier alpha value is -3.49. The topological polar surface area (TPSA) is 61.9 Å². The second-order valence-electron chi connectivity index (χ2n) is 9.17. The Morgan fingerprint density at radius 3 is 2.68 bits per heavy atom. The number of anilines is 1. The molecule has 2 atom stereocenters. The van der Waals surface area contributed by atoms with Gasteiger partial charge in [-0.15, -0.1) is 0 Å². The summed E-state index contributed by atoms with van der Waals surface area (Å²) in [6, 6.07) is 6.19. The molecule has 2 aromatic rings. The van der Waals surface area contributed by atoms with Crippen molar-refractivity contribution in [3.63, 3.8) is 0 Å². The number of rotatable bonds is 5. The molecule has 1 N–H and O–H groups in total. The molecule has 2 heterocycles. The highest BCUT2D eigenvalue weighted by Gasteiger charge is 2.43. The molecule has 3 aliphatic rings. The zero-order chi connectivity index (χ0) is 24.1. The van der Waals surface area contributed by atoms with Crippen molar-refractivity contribution in [3.05, 3.63) is 65.0 Å². The van der Waals surface area contributed by atoms with E-state index in [4.69, 9.17) is 4.74 Å². The zero-order valence-corrected chi connectivity index (χ0v) is 18.8. The van der Waals surface area contributed by atoms with Gasteiger partial charge in [0.1, 0.15) is 6.54 Å². The van der Waals surface area contributed by atoms with Crippen molar-refractivity contribution in [2.45, 2.75) is 39.0 Å². The van der Waals surface area contributed by atoms with Crippen molar-refractivity contribution in [1.82, 2.24) is 9.80 Å². The van der Waals surface area contributed by atoms with E-state index in [1.165, 1.54) is 17.0 Å². The summed E-state index contributed by atoms with van der Waals surface area (Å²) in [5, 5.41) is 2.52. The Morgan fingerprint density at radius 1 is 1.18 bits per heavy atom. The molecule has 178 valence electrons. The summed E-state index contributed by atoms with van der Waals surface area (Å²) in [6.07, 6.45) is 2.66. The molecule has 0 saturated carbocycles. The molecule has 1 saturated heterocycles. The van der Waals surface area contributed by atoms with Crippen LogP contribution in [0.5, 0.6) is 5.75 Å². The molecule has 2 bridgehead atoms. The maximum atomic E-state index is 14.2. The largest absolute Gasteiger partial charge is 0.488 e. The Balaban J connectivity index is 1.32. The van der Waals surface area contributed by atoms with E-state index >= 15 is 0 Å². The number of likely N-dealkylation sites (tertiary alicyclic amines) is 1. The Labute approximate surface area is 195 Å². The summed E-state index contributed by atoms with van der Waals surface area (Å²) in [4.78, 5) is 28.5. The molecular weight excluding hydrogens is 447 g/mol. The van der Waals surface area contributed by atoms with E-state index in [0.717, 1.165) is 23.6 Å². The van der Waals surface area contributed by atoms with E-state index in [1.54, 1.807) is 17.0 Å². The van der Waals surface area contributed by atoms with Crippen LogP contribution in [0.15, 0.2) is 36.4 Å². The Morgan fingerprint density at radius 2 is 1.94 bits per heavy atom. The number of benzene rings is 2. The molecule has 1 aliphatic carbocycles. The molecule has 34 heavy (non-hydrogen) atoms. The highest BCUT2D eigenvalue weighted by Crippen LogP contribution is 2.43. The molecule has 0 unspecified atom stereocenters. The summed E-state index contributed by atoms with van der Waals surface area (Å²) >= 11 is 0.